The lowest BCUT2D eigenvalue weighted by molar-refractivity contribution is 0.613. The van der Waals surface area contributed by atoms with Crippen LogP contribution in [0.15, 0.2) is 24.4 Å². The topological polar surface area (TPSA) is 29.0 Å². The Morgan fingerprint density at radius 1 is 1.28 bits per heavy atom. The summed E-state index contributed by atoms with van der Waals surface area (Å²) < 4.78 is 13.7. The summed E-state index contributed by atoms with van der Waals surface area (Å²) in [5.41, 5.74) is 3.09. The number of hydrogen-bond acceptors (Lipinski definition) is 3. The van der Waals surface area contributed by atoms with Gasteiger partial charge in [-0.15, -0.1) is 0 Å². The van der Waals surface area contributed by atoms with Crippen molar-refractivity contribution in [3.05, 3.63) is 46.6 Å². The van der Waals surface area contributed by atoms with Gasteiger partial charge in [-0.3, -0.25) is 0 Å². The van der Waals surface area contributed by atoms with Gasteiger partial charge >= 0.3 is 0 Å². The molecule has 2 aromatic rings. The number of anilines is 2. The minimum Gasteiger partial charge on any atom is -0.327 e. The Hall–Kier alpha value is -1.68. The van der Waals surface area contributed by atoms with Crippen molar-refractivity contribution < 1.29 is 4.39 Å². The van der Waals surface area contributed by atoms with Crippen molar-refractivity contribution >= 4 is 23.1 Å². The van der Waals surface area contributed by atoms with Crippen LogP contribution in [0.2, 0.25) is 5.28 Å². The molecule has 0 saturated carbocycles. The highest BCUT2D eigenvalue weighted by Gasteiger charge is 2.14. The molecule has 0 fully saturated rings. The third-order valence-electron chi connectivity index (χ3n) is 2.73. The van der Waals surface area contributed by atoms with E-state index in [2.05, 4.69) is 9.97 Å². The van der Waals surface area contributed by atoms with E-state index in [1.807, 2.05) is 32.0 Å². The van der Waals surface area contributed by atoms with Gasteiger partial charge in [-0.1, -0.05) is 17.7 Å². The minimum absolute atomic E-state index is 0.0306. The van der Waals surface area contributed by atoms with E-state index >= 15 is 0 Å². The van der Waals surface area contributed by atoms with Gasteiger partial charge in [0.25, 0.3) is 0 Å². The number of halogens is 2. The van der Waals surface area contributed by atoms with Crippen LogP contribution in [0.4, 0.5) is 15.9 Å². The van der Waals surface area contributed by atoms with E-state index in [1.165, 1.54) is 0 Å². The van der Waals surface area contributed by atoms with E-state index in [0.29, 0.717) is 0 Å². The average Bonchev–Trinajstić information content (AvgIpc) is 2.31. The van der Waals surface area contributed by atoms with Gasteiger partial charge in [0.2, 0.25) is 5.28 Å². The van der Waals surface area contributed by atoms with Gasteiger partial charge < -0.3 is 4.90 Å². The number of aromatic nitrogens is 2. The molecular formula is C13H13ClFN3. The second-order valence-corrected chi connectivity index (χ2v) is 4.50. The number of nitrogens with zero attached hydrogens (tertiary/aromatic N) is 3. The van der Waals surface area contributed by atoms with Crippen molar-refractivity contribution in [2.45, 2.75) is 13.8 Å². The van der Waals surface area contributed by atoms with Crippen LogP contribution in [0.5, 0.6) is 0 Å². The summed E-state index contributed by atoms with van der Waals surface area (Å²) in [5, 5.41) is 0.0306. The smallest absolute Gasteiger partial charge is 0.224 e. The van der Waals surface area contributed by atoms with Crippen molar-refractivity contribution in [1.82, 2.24) is 9.97 Å². The summed E-state index contributed by atoms with van der Waals surface area (Å²) >= 11 is 5.70. The normalized spacial score (nSPS) is 10.5. The maximum Gasteiger partial charge on any atom is 0.224 e. The molecule has 5 heteroatoms. The Morgan fingerprint density at radius 3 is 2.67 bits per heavy atom. The SMILES string of the molecule is Cc1ccc(N(C)c2nc(Cl)ncc2F)c(C)c1. The molecule has 0 radical (unpaired) electrons. The molecule has 0 N–H and O–H groups in total. The van der Waals surface area contributed by atoms with Crippen LogP contribution in [0.1, 0.15) is 11.1 Å². The zero-order chi connectivity index (χ0) is 13.3. The standard InChI is InChI=1S/C13H13ClFN3/c1-8-4-5-11(9(2)6-8)18(3)12-10(15)7-16-13(14)17-12/h4-7H,1-3H3. The lowest BCUT2D eigenvalue weighted by Gasteiger charge is -2.21. The van der Waals surface area contributed by atoms with Crippen LogP contribution in [-0.2, 0) is 0 Å². The molecule has 0 spiro atoms. The molecule has 0 aliphatic rings. The summed E-state index contributed by atoms with van der Waals surface area (Å²) in [5.74, 6) is -0.330. The van der Waals surface area contributed by atoms with Crippen LogP contribution in [-0.4, -0.2) is 17.0 Å². The van der Waals surface area contributed by atoms with Crippen LogP contribution < -0.4 is 4.90 Å². The van der Waals surface area contributed by atoms with Crippen molar-refractivity contribution in [3.8, 4) is 0 Å². The third kappa shape index (κ3) is 2.43. The van der Waals surface area contributed by atoms with Crippen molar-refractivity contribution in [2.75, 3.05) is 11.9 Å². The van der Waals surface area contributed by atoms with Gasteiger partial charge in [0.15, 0.2) is 11.6 Å². The highest BCUT2D eigenvalue weighted by molar-refractivity contribution is 6.28. The maximum atomic E-state index is 13.7. The molecule has 0 saturated heterocycles. The molecule has 94 valence electrons. The Morgan fingerprint density at radius 2 is 2.00 bits per heavy atom. The number of hydrogen-bond donors (Lipinski definition) is 0. The molecule has 2 rings (SSSR count). The summed E-state index contributed by atoms with van der Waals surface area (Å²) in [4.78, 5) is 9.19. The van der Waals surface area contributed by atoms with Crippen molar-refractivity contribution in [3.63, 3.8) is 0 Å². The molecule has 0 amide bonds. The highest BCUT2D eigenvalue weighted by atomic mass is 35.5. The van der Waals surface area contributed by atoms with Crippen LogP contribution in [0, 0.1) is 19.7 Å². The molecule has 1 aromatic heterocycles. The average molecular weight is 266 g/mol. The number of rotatable bonds is 2. The summed E-state index contributed by atoms with van der Waals surface area (Å²) in [7, 11) is 1.75. The molecular weight excluding hydrogens is 253 g/mol. The summed E-state index contributed by atoms with van der Waals surface area (Å²) in [6.07, 6.45) is 1.07. The van der Waals surface area contributed by atoms with E-state index < -0.39 is 5.82 Å². The molecule has 1 heterocycles. The Kier molecular flexibility index (Phi) is 3.48. The van der Waals surface area contributed by atoms with E-state index in [9.17, 15) is 4.39 Å². The summed E-state index contributed by atoms with van der Waals surface area (Å²) in [6, 6.07) is 5.94. The van der Waals surface area contributed by atoms with Crippen molar-refractivity contribution in [1.29, 1.82) is 0 Å². The zero-order valence-corrected chi connectivity index (χ0v) is 11.2. The van der Waals surface area contributed by atoms with Crippen LogP contribution in [0.25, 0.3) is 0 Å². The first-order valence-electron chi connectivity index (χ1n) is 5.48. The second kappa shape index (κ2) is 4.90. The first kappa shape index (κ1) is 12.8. The van der Waals surface area contributed by atoms with E-state index in [0.717, 1.165) is 23.0 Å². The lowest BCUT2D eigenvalue weighted by atomic mass is 10.1. The Balaban J connectivity index is 2.47. The molecule has 18 heavy (non-hydrogen) atoms. The second-order valence-electron chi connectivity index (χ2n) is 4.16. The quantitative estimate of drug-likeness (QED) is 0.776. The van der Waals surface area contributed by atoms with E-state index in [1.54, 1.807) is 11.9 Å². The number of aryl methyl sites for hydroxylation is 2. The summed E-state index contributed by atoms with van der Waals surface area (Å²) in [6.45, 7) is 3.98. The third-order valence-corrected chi connectivity index (χ3v) is 2.91. The first-order chi connectivity index (χ1) is 8.49. The Labute approximate surface area is 110 Å². The van der Waals surface area contributed by atoms with Gasteiger partial charge in [-0.25, -0.2) is 9.37 Å². The predicted molar refractivity (Wildman–Crippen MR) is 71.0 cm³/mol. The van der Waals surface area contributed by atoms with Gasteiger partial charge in [0.1, 0.15) is 0 Å². The molecule has 0 aliphatic carbocycles. The largest absolute Gasteiger partial charge is 0.327 e. The van der Waals surface area contributed by atoms with Gasteiger partial charge in [-0.05, 0) is 37.1 Å². The predicted octanol–water partition coefficient (Wildman–Crippen LogP) is 3.65. The molecule has 0 atom stereocenters. The van der Waals surface area contributed by atoms with Crippen LogP contribution >= 0.6 is 11.6 Å². The lowest BCUT2D eigenvalue weighted by Crippen LogP contribution is -2.14. The Bertz CT molecular complexity index is 586. The minimum atomic E-state index is -0.498. The molecule has 1 aromatic carbocycles. The zero-order valence-electron chi connectivity index (χ0n) is 10.4. The fraction of sp³-hybridized carbons (Fsp3) is 0.231. The van der Waals surface area contributed by atoms with Gasteiger partial charge in [-0.2, -0.15) is 4.98 Å². The first-order valence-corrected chi connectivity index (χ1v) is 5.86. The van der Waals surface area contributed by atoms with E-state index in [-0.39, 0.29) is 11.1 Å². The monoisotopic (exact) mass is 265 g/mol. The van der Waals surface area contributed by atoms with Crippen LogP contribution in [0.3, 0.4) is 0 Å². The van der Waals surface area contributed by atoms with Gasteiger partial charge in [0, 0.05) is 12.7 Å². The van der Waals surface area contributed by atoms with Gasteiger partial charge in [0.05, 0.1) is 6.20 Å². The maximum absolute atomic E-state index is 13.7. The fourth-order valence-electron chi connectivity index (χ4n) is 1.87. The van der Waals surface area contributed by atoms with E-state index in [4.69, 9.17) is 11.6 Å². The molecule has 0 aliphatic heterocycles. The molecule has 0 bridgehead atoms. The highest BCUT2D eigenvalue weighted by Crippen LogP contribution is 2.28. The molecule has 0 unspecified atom stereocenters. The molecule has 3 nitrogen and oxygen atoms in total. The number of benzene rings is 1. The fourth-order valence-corrected chi connectivity index (χ4v) is 2.00. The van der Waals surface area contributed by atoms with Crippen molar-refractivity contribution in [2.24, 2.45) is 0 Å².